The average Bonchev–Trinajstić information content (AvgIpc) is 3.02. The maximum Gasteiger partial charge on any atom is 0.280 e. The summed E-state index contributed by atoms with van der Waals surface area (Å²) in [6, 6.07) is 14.4. The van der Waals surface area contributed by atoms with Crippen LogP contribution in [0.15, 0.2) is 58.4 Å². The van der Waals surface area contributed by atoms with Crippen LogP contribution in [-0.4, -0.2) is 28.0 Å². The molecule has 1 aromatic heterocycles. The van der Waals surface area contributed by atoms with Gasteiger partial charge in [0, 0.05) is 10.7 Å². The highest BCUT2D eigenvalue weighted by atomic mass is 35.5. The molecule has 150 valence electrons. The van der Waals surface area contributed by atoms with Gasteiger partial charge in [-0.15, -0.1) is 0 Å². The number of para-hydroxylation sites is 1. The van der Waals surface area contributed by atoms with Crippen molar-refractivity contribution in [3.63, 3.8) is 0 Å². The average molecular weight is 413 g/mol. The molecular weight excluding hydrogens is 392 g/mol. The number of benzene rings is 2. The predicted octanol–water partition coefficient (Wildman–Crippen LogP) is 3.36. The maximum absolute atomic E-state index is 12.7. The van der Waals surface area contributed by atoms with Crippen LogP contribution in [0.1, 0.15) is 23.7 Å². The molecule has 0 bridgehead atoms. The number of carbonyl (C=O) groups excluding carboxylic acids is 1. The molecule has 2 aromatic carbocycles. The second-order valence-electron chi connectivity index (χ2n) is 6.52. The summed E-state index contributed by atoms with van der Waals surface area (Å²) in [4.78, 5) is 24.8. The van der Waals surface area contributed by atoms with E-state index in [0.29, 0.717) is 27.7 Å². The van der Waals surface area contributed by atoms with Crippen LogP contribution >= 0.6 is 11.6 Å². The normalized spacial score (nSPS) is 11.4. The summed E-state index contributed by atoms with van der Waals surface area (Å²) in [5.41, 5.74) is 5.21. The number of nitrogens with zero attached hydrogens (tertiary/aromatic N) is 2. The van der Waals surface area contributed by atoms with E-state index >= 15 is 0 Å². The van der Waals surface area contributed by atoms with Crippen molar-refractivity contribution in [2.24, 2.45) is 5.10 Å². The molecule has 0 fully saturated rings. The lowest BCUT2D eigenvalue weighted by Crippen LogP contribution is -2.27. The monoisotopic (exact) mass is 412 g/mol. The van der Waals surface area contributed by atoms with E-state index in [1.54, 1.807) is 32.0 Å². The molecule has 7 nitrogen and oxygen atoms in total. The van der Waals surface area contributed by atoms with Gasteiger partial charge < -0.3 is 4.74 Å². The van der Waals surface area contributed by atoms with Crippen molar-refractivity contribution >= 4 is 23.2 Å². The van der Waals surface area contributed by atoms with Crippen molar-refractivity contribution in [1.82, 2.24) is 15.2 Å². The Hall–Kier alpha value is -3.32. The predicted molar refractivity (Wildman–Crippen MR) is 113 cm³/mol. The van der Waals surface area contributed by atoms with Gasteiger partial charge in [-0.25, -0.2) is 10.1 Å². The molecule has 0 radical (unpaired) electrons. The highest BCUT2D eigenvalue weighted by molar-refractivity contribution is 6.31. The highest BCUT2D eigenvalue weighted by Crippen LogP contribution is 2.20. The molecule has 29 heavy (non-hydrogen) atoms. The molecule has 0 spiro atoms. The molecule has 0 atom stereocenters. The lowest BCUT2D eigenvalue weighted by Gasteiger charge is -2.07. The smallest absolute Gasteiger partial charge is 0.280 e. The first-order valence-corrected chi connectivity index (χ1v) is 9.34. The van der Waals surface area contributed by atoms with Crippen LogP contribution in [0.3, 0.4) is 0 Å². The van der Waals surface area contributed by atoms with Gasteiger partial charge >= 0.3 is 0 Å². The van der Waals surface area contributed by atoms with Gasteiger partial charge in [0.25, 0.3) is 11.5 Å². The molecule has 0 unspecified atom stereocenters. The summed E-state index contributed by atoms with van der Waals surface area (Å²) in [6.07, 6.45) is 0. The zero-order chi connectivity index (χ0) is 21.0. The molecule has 3 rings (SSSR count). The number of aromatic amines is 1. The number of rotatable bonds is 6. The molecular formula is C21H21ClN4O3. The van der Waals surface area contributed by atoms with Crippen LogP contribution in [0, 0.1) is 13.8 Å². The van der Waals surface area contributed by atoms with E-state index in [1.807, 2.05) is 37.3 Å². The van der Waals surface area contributed by atoms with Crippen molar-refractivity contribution in [3.05, 3.63) is 80.7 Å². The topological polar surface area (TPSA) is 88.5 Å². The van der Waals surface area contributed by atoms with Gasteiger partial charge in [0.05, 0.1) is 17.0 Å². The maximum atomic E-state index is 12.7. The first kappa shape index (κ1) is 20.4. The van der Waals surface area contributed by atoms with Crippen LogP contribution in [0.4, 0.5) is 0 Å². The Balaban J connectivity index is 1.68. The van der Waals surface area contributed by atoms with Crippen molar-refractivity contribution in [2.75, 3.05) is 6.61 Å². The van der Waals surface area contributed by atoms with E-state index in [9.17, 15) is 9.59 Å². The summed E-state index contributed by atoms with van der Waals surface area (Å²) in [6.45, 7) is 5.09. The van der Waals surface area contributed by atoms with E-state index in [0.717, 1.165) is 11.3 Å². The fourth-order valence-corrected chi connectivity index (χ4v) is 2.94. The summed E-state index contributed by atoms with van der Waals surface area (Å²) in [7, 11) is 0. The number of nitrogens with one attached hydrogen (secondary N) is 2. The number of amides is 1. The zero-order valence-corrected chi connectivity index (χ0v) is 17.1. The first-order valence-electron chi connectivity index (χ1n) is 8.96. The molecule has 2 N–H and O–H groups in total. The Morgan fingerprint density at radius 2 is 1.93 bits per heavy atom. The van der Waals surface area contributed by atoms with Crippen molar-refractivity contribution in [3.8, 4) is 11.4 Å². The molecule has 0 aliphatic rings. The molecule has 0 saturated carbocycles. The molecule has 0 aliphatic carbocycles. The summed E-state index contributed by atoms with van der Waals surface area (Å²) in [5.74, 6) is 0.100. The molecule has 8 heteroatoms. The fourth-order valence-electron chi connectivity index (χ4n) is 2.82. The lowest BCUT2D eigenvalue weighted by molar-refractivity contribution is -0.123. The summed E-state index contributed by atoms with van der Waals surface area (Å²) >= 11 is 5.97. The number of halogens is 1. The number of ether oxygens (including phenoxy) is 1. The molecule has 1 amide bonds. The minimum atomic E-state index is -0.437. The Kier molecular flexibility index (Phi) is 6.19. The van der Waals surface area contributed by atoms with Crippen molar-refractivity contribution in [1.29, 1.82) is 0 Å². The van der Waals surface area contributed by atoms with Gasteiger partial charge in [-0.2, -0.15) is 5.10 Å². The standard InChI is InChI=1S/C21H21ClN4O3/c1-13-11-17(9-10-18(13)22)29-12-19(27)24-23-14(2)20-15(3)25-26(21(20)28)16-7-5-4-6-8-16/h4-11,25H,12H2,1-3H3,(H,24,27)/b23-14+. The fraction of sp³-hybridized carbons (Fsp3) is 0.190. The Morgan fingerprint density at radius 3 is 2.62 bits per heavy atom. The number of carbonyl (C=O) groups is 1. The third-order valence-electron chi connectivity index (χ3n) is 4.30. The first-order chi connectivity index (χ1) is 13.9. The quantitative estimate of drug-likeness (QED) is 0.480. The van der Waals surface area contributed by atoms with Crippen molar-refractivity contribution in [2.45, 2.75) is 20.8 Å². The molecule has 3 aromatic rings. The van der Waals surface area contributed by atoms with Crippen LogP contribution in [0.2, 0.25) is 5.02 Å². The Bertz CT molecular complexity index is 1120. The number of aromatic nitrogens is 2. The summed E-state index contributed by atoms with van der Waals surface area (Å²) < 4.78 is 6.88. The number of hydrogen-bond acceptors (Lipinski definition) is 4. The largest absolute Gasteiger partial charge is 0.484 e. The van der Waals surface area contributed by atoms with Gasteiger partial charge in [-0.05, 0) is 56.7 Å². The van der Waals surface area contributed by atoms with Crippen LogP contribution < -0.4 is 15.7 Å². The SMILES string of the molecule is C/C(=N\NC(=O)COc1ccc(Cl)c(C)c1)c1c(C)[nH]n(-c2ccccc2)c1=O. The molecule has 0 saturated heterocycles. The number of hydrogen-bond donors (Lipinski definition) is 2. The second kappa shape index (κ2) is 8.79. The zero-order valence-electron chi connectivity index (χ0n) is 16.3. The van der Waals surface area contributed by atoms with Crippen molar-refractivity contribution < 1.29 is 9.53 Å². The van der Waals surface area contributed by atoms with E-state index in [2.05, 4.69) is 15.6 Å². The van der Waals surface area contributed by atoms with Gasteiger partial charge in [-0.3, -0.25) is 14.7 Å². The van der Waals surface area contributed by atoms with Gasteiger partial charge in [0.1, 0.15) is 5.75 Å². The number of hydrazone groups is 1. The number of aryl methyl sites for hydroxylation is 2. The number of H-pyrrole nitrogens is 1. The van der Waals surface area contributed by atoms with E-state index in [4.69, 9.17) is 16.3 Å². The van der Waals surface area contributed by atoms with Crippen LogP contribution in [0.5, 0.6) is 5.75 Å². The van der Waals surface area contributed by atoms with Gasteiger partial charge in [-0.1, -0.05) is 29.8 Å². The second-order valence-corrected chi connectivity index (χ2v) is 6.93. The van der Waals surface area contributed by atoms with Gasteiger partial charge in [0.15, 0.2) is 6.61 Å². The van der Waals surface area contributed by atoms with Crippen LogP contribution in [0.25, 0.3) is 5.69 Å². The van der Waals surface area contributed by atoms with E-state index < -0.39 is 5.91 Å². The highest BCUT2D eigenvalue weighted by Gasteiger charge is 2.15. The molecule has 0 aliphatic heterocycles. The Morgan fingerprint density at radius 1 is 1.21 bits per heavy atom. The third kappa shape index (κ3) is 4.75. The molecule has 1 heterocycles. The summed E-state index contributed by atoms with van der Waals surface area (Å²) in [5, 5.41) is 7.71. The van der Waals surface area contributed by atoms with E-state index in [1.165, 1.54) is 4.68 Å². The lowest BCUT2D eigenvalue weighted by atomic mass is 10.2. The van der Waals surface area contributed by atoms with E-state index in [-0.39, 0.29) is 12.2 Å². The van der Waals surface area contributed by atoms with Crippen LogP contribution in [-0.2, 0) is 4.79 Å². The third-order valence-corrected chi connectivity index (χ3v) is 4.72. The minimum absolute atomic E-state index is 0.210. The van der Waals surface area contributed by atoms with Gasteiger partial charge in [0.2, 0.25) is 0 Å². The Labute approximate surface area is 172 Å². The minimum Gasteiger partial charge on any atom is -0.484 e.